The van der Waals surface area contributed by atoms with Gasteiger partial charge in [0.2, 0.25) is 5.91 Å². The third-order valence-electron chi connectivity index (χ3n) is 6.18. The molecule has 0 atom stereocenters. The maximum atomic E-state index is 12.9. The first-order chi connectivity index (χ1) is 17.3. The van der Waals surface area contributed by atoms with E-state index in [2.05, 4.69) is 6.92 Å². The highest BCUT2D eigenvalue weighted by molar-refractivity contribution is 8.18. The quantitative estimate of drug-likeness (QED) is 0.414. The van der Waals surface area contributed by atoms with Gasteiger partial charge in [0.05, 0.1) is 11.5 Å². The van der Waals surface area contributed by atoms with Crippen LogP contribution in [0.3, 0.4) is 0 Å². The van der Waals surface area contributed by atoms with Gasteiger partial charge in [0.15, 0.2) is 11.5 Å². The van der Waals surface area contributed by atoms with Crippen molar-refractivity contribution in [3.8, 4) is 11.5 Å². The van der Waals surface area contributed by atoms with Crippen LogP contribution in [0.25, 0.3) is 6.08 Å². The largest absolute Gasteiger partial charge is 0.490 e. The summed E-state index contributed by atoms with van der Waals surface area (Å²) in [7, 11) is 0. The summed E-state index contributed by atoms with van der Waals surface area (Å²) in [6, 6.07) is 12.7. The minimum Gasteiger partial charge on any atom is -0.490 e. The molecule has 9 heteroatoms. The van der Waals surface area contributed by atoms with Crippen molar-refractivity contribution in [1.82, 2.24) is 9.80 Å². The summed E-state index contributed by atoms with van der Waals surface area (Å²) in [5, 5.41) is 0.228. The third-order valence-corrected chi connectivity index (χ3v) is 7.34. The molecule has 4 rings (SSSR count). The molecule has 0 bridgehead atoms. The van der Waals surface area contributed by atoms with Crippen LogP contribution in [0.5, 0.6) is 11.5 Å². The number of carbonyl (C=O) groups excluding carboxylic acids is 3. The molecule has 0 N–H and O–H groups in total. The number of halogens is 1. The summed E-state index contributed by atoms with van der Waals surface area (Å²) in [6.07, 6.45) is 3.52. The monoisotopic (exact) mass is 528 g/mol. The summed E-state index contributed by atoms with van der Waals surface area (Å²) in [6.45, 7) is 5.93. The molecule has 2 fully saturated rings. The van der Waals surface area contributed by atoms with Crippen LogP contribution >= 0.6 is 23.4 Å². The fourth-order valence-electron chi connectivity index (χ4n) is 4.02. The Kier molecular flexibility index (Phi) is 8.59. The van der Waals surface area contributed by atoms with E-state index in [9.17, 15) is 14.4 Å². The number of benzene rings is 2. The second-order valence-corrected chi connectivity index (χ2v) is 10.3. The predicted octanol–water partition coefficient (Wildman–Crippen LogP) is 5.61. The lowest BCUT2D eigenvalue weighted by Crippen LogP contribution is -2.45. The Morgan fingerprint density at radius 1 is 1.08 bits per heavy atom. The maximum Gasteiger partial charge on any atom is 0.294 e. The summed E-state index contributed by atoms with van der Waals surface area (Å²) in [4.78, 5) is 41.2. The fraction of sp³-hybridized carbons (Fsp3) is 0.370. The van der Waals surface area contributed by atoms with Crippen LogP contribution in [-0.4, -0.2) is 53.1 Å². The van der Waals surface area contributed by atoms with E-state index in [1.165, 1.54) is 0 Å². The Morgan fingerprint density at radius 3 is 2.50 bits per heavy atom. The highest BCUT2D eigenvalue weighted by Crippen LogP contribution is 2.35. The molecule has 2 saturated heterocycles. The lowest BCUT2D eigenvalue weighted by Gasteiger charge is -2.31. The molecule has 190 valence electrons. The van der Waals surface area contributed by atoms with Gasteiger partial charge in [-0.15, -0.1) is 0 Å². The molecule has 0 aliphatic carbocycles. The number of thioether (sulfide) groups is 1. The first-order valence-electron chi connectivity index (χ1n) is 12.0. The van der Waals surface area contributed by atoms with Gasteiger partial charge in [-0.3, -0.25) is 19.3 Å². The number of ether oxygens (including phenoxy) is 2. The predicted molar refractivity (Wildman–Crippen MR) is 141 cm³/mol. The van der Waals surface area contributed by atoms with Crippen molar-refractivity contribution in [2.45, 2.75) is 33.3 Å². The van der Waals surface area contributed by atoms with Gasteiger partial charge in [-0.25, -0.2) is 0 Å². The SMILES string of the molecule is CCOc1cc(/C=C2/SC(=O)N(CC(=O)N3CCC(C)CC3)C2=O)ccc1OCc1ccc(Cl)cc1. The molecular formula is C27H29ClN2O5S. The molecule has 7 nitrogen and oxygen atoms in total. The zero-order chi connectivity index (χ0) is 25.7. The number of imide groups is 1. The Labute approximate surface area is 220 Å². The van der Waals surface area contributed by atoms with Crippen molar-refractivity contribution >= 4 is 46.5 Å². The summed E-state index contributed by atoms with van der Waals surface area (Å²) < 4.78 is 11.7. The van der Waals surface area contributed by atoms with Gasteiger partial charge >= 0.3 is 0 Å². The number of carbonyl (C=O) groups is 3. The molecule has 2 aromatic rings. The van der Waals surface area contributed by atoms with Crippen LogP contribution < -0.4 is 9.47 Å². The maximum absolute atomic E-state index is 12.9. The molecule has 0 saturated carbocycles. The lowest BCUT2D eigenvalue weighted by molar-refractivity contribution is -0.136. The zero-order valence-electron chi connectivity index (χ0n) is 20.4. The summed E-state index contributed by atoms with van der Waals surface area (Å²) in [5.74, 6) is 1.05. The number of amides is 3. The molecule has 2 aliphatic heterocycles. The lowest BCUT2D eigenvalue weighted by atomic mass is 9.99. The van der Waals surface area contributed by atoms with Gasteiger partial charge in [-0.2, -0.15) is 0 Å². The van der Waals surface area contributed by atoms with Crippen molar-refractivity contribution in [3.05, 3.63) is 63.5 Å². The Bertz CT molecular complexity index is 1160. The van der Waals surface area contributed by atoms with Gasteiger partial charge in [0, 0.05) is 18.1 Å². The van der Waals surface area contributed by atoms with Crippen LogP contribution in [0.15, 0.2) is 47.4 Å². The standard InChI is InChI=1S/C27H29ClN2O5S/c1-3-34-23-14-20(6-9-22(23)35-17-19-4-7-21(28)8-5-19)15-24-26(32)30(27(33)36-24)16-25(31)29-12-10-18(2)11-13-29/h4-9,14-15,18H,3,10-13,16-17H2,1-2H3/b24-15+. The van der Waals surface area contributed by atoms with Crippen molar-refractivity contribution in [2.24, 2.45) is 5.92 Å². The second-order valence-electron chi connectivity index (χ2n) is 8.89. The van der Waals surface area contributed by atoms with Gasteiger partial charge < -0.3 is 14.4 Å². The van der Waals surface area contributed by atoms with E-state index in [1.807, 2.05) is 19.1 Å². The molecule has 36 heavy (non-hydrogen) atoms. The fourth-order valence-corrected chi connectivity index (χ4v) is 4.99. The van der Waals surface area contributed by atoms with E-state index in [-0.39, 0.29) is 17.4 Å². The van der Waals surface area contributed by atoms with Crippen LogP contribution in [-0.2, 0) is 16.2 Å². The first-order valence-corrected chi connectivity index (χ1v) is 13.2. The molecule has 2 aromatic carbocycles. The average Bonchev–Trinajstić information content (AvgIpc) is 3.12. The number of hydrogen-bond donors (Lipinski definition) is 0. The Morgan fingerprint density at radius 2 is 1.81 bits per heavy atom. The van der Waals surface area contributed by atoms with Crippen molar-refractivity contribution in [2.75, 3.05) is 26.2 Å². The normalized spacial score (nSPS) is 17.7. The van der Waals surface area contributed by atoms with Crippen molar-refractivity contribution < 1.29 is 23.9 Å². The van der Waals surface area contributed by atoms with Crippen molar-refractivity contribution in [3.63, 3.8) is 0 Å². The van der Waals surface area contributed by atoms with Crippen molar-refractivity contribution in [1.29, 1.82) is 0 Å². The smallest absolute Gasteiger partial charge is 0.294 e. The third kappa shape index (κ3) is 6.42. The Hall–Kier alpha value is -2.97. The summed E-state index contributed by atoms with van der Waals surface area (Å²) >= 11 is 6.78. The number of nitrogens with zero attached hydrogens (tertiary/aromatic N) is 2. The molecule has 0 radical (unpaired) electrons. The average molecular weight is 529 g/mol. The van der Waals surface area contributed by atoms with Gasteiger partial charge in [-0.1, -0.05) is 36.7 Å². The van der Waals surface area contributed by atoms with Crippen LogP contribution in [0.4, 0.5) is 4.79 Å². The zero-order valence-corrected chi connectivity index (χ0v) is 21.9. The topological polar surface area (TPSA) is 76.2 Å². The van der Waals surface area contributed by atoms with E-state index in [1.54, 1.807) is 41.3 Å². The number of likely N-dealkylation sites (tertiary alicyclic amines) is 1. The van der Waals surface area contributed by atoms with E-state index < -0.39 is 11.1 Å². The van der Waals surface area contributed by atoms with Gasteiger partial charge in [0.1, 0.15) is 13.2 Å². The first kappa shape index (κ1) is 26.1. The van der Waals surface area contributed by atoms with E-state index >= 15 is 0 Å². The molecule has 0 aromatic heterocycles. The van der Waals surface area contributed by atoms with Crippen LogP contribution in [0.1, 0.15) is 37.8 Å². The van der Waals surface area contributed by atoms with Crippen LogP contribution in [0, 0.1) is 5.92 Å². The van der Waals surface area contributed by atoms with E-state index in [0.717, 1.165) is 35.1 Å². The van der Waals surface area contributed by atoms with Gasteiger partial charge in [-0.05, 0) is 78.9 Å². The minimum absolute atomic E-state index is 0.189. The number of piperidine rings is 1. The molecule has 2 heterocycles. The molecule has 3 amide bonds. The van der Waals surface area contributed by atoms with Crippen LogP contribution in [0.2, 0.25) is 5.02 Å². The molecule has 0 spiro atoms. The minimum atomic E-state index is -0.454. The molecular weight excluding hydrogens is 500 g/mol. The number of rotatable bonds is 8. The highest BCUT2D eigenvalue weighted by Gasteiger charge is 2.37. The van der Waals surface area contributed by atoms with Gasteiger partial charge in [0.25, 0.3) is 11.1 Å². The molecule has 2 aliphatic rings. The number of hydrogen-bond acceptors (Lipinski definition) is 6. The Balaban J connectivity index is 1.44. The molecule has 0 unspecified atom stereocenters. The van der Waals surface area contributed by atoms with E-state index in [4.69, 9.17) is 21.1 Å². The summed E-state index contributed by atoms with van der Waals surface area (Å²) in [5.41, 5.74) is 1.66. The second kappa shape index (κ2) is 11.8. The van der Waals surface area contributed by atoms with E-state index in [0.29, 0.717) is 54.3 Å². The highest BCUT2D eigenvalue weighted by atomic mass is 35.5.